The van der Waals surface area contributed by atoms with Crippen LogP contribution in [0.5, 0.6) is 0 Å². The van der Waals surface area contributed by atoms with Gasteiger partial charge < -0.3 is 0 Å². The van der Waals surface area contributed by atoms with E-state index in [1.165, 1.54) is 30.8 Å². The Labute approximate surface area is 107 Å². The van der Waals surface area contributed by atoms with E-state index in [9.17, 15) is 0 Å². The summed E-state index contributed by atoms with van der Waals surface area (Å²) in [5, 5.41) is 0. The van der Waals surface area contributed by atoms with E-state index in [-0.39, 0.29) is 21.1 Å². The van der Waals surface area contributed by atoms with Crippen LogP contribution in [0, 0.1) is 0 Å². The van der Waals surface area contributed by atoms with Crippen LogP contribution in [0.3, 0.4) is 0 Å². The van der Waals surface area contributed by atoms with Crippen molar-refractivity contribution < 1.29 is 0 Å². The average Bonchev–Trinajstić information content (AvgIpc) is 2.13. The van der Waals surface area contributed by atoms with Gasteiger partial charge in [0.2, 0.25) is 0 Å². The second kappa shape index (κ2) is 6.01. The first kappa shape index (κ1) is 14.7. The molecule has 1 fully saturated rings. The van der Waals surface area contributed by atoms with Gasteiger partial charge >= 0.3 is 0 Å². The van der Waals surface area contributed by atoms with Gasteiger partial charge in [0.25, 0.3) is 0 Å². The third-order valence-corrected chi connectivity index (χ3v) is 7.75. The Hall–Kier alpha value is 0.660. The topological polar surface area (TPSA) is 3.24 Å². The molecular formula is C13H31NS2. The molecular weight excluding hydrogens is 234 g/mol. The van der Waals surface area contributed by atoms with Crippen molar-refractivity contribution in [3.8, 4) is 0 Å². The third kappa shape index (κ3) is 4.50. The Balaban J connectivity index is 2.47. The van der Waals surface area contributed by atoms with Crippen LogP contribution in [0.25, 0.3) is 0 Å². The first-order valence-electron chi connectivity index (χ1n) is 6.46. The molecule has 1 aliphatic rings. The van der Waals surface area contributed by atoms with Gasteiger partial charge in [-0.2, -0.15) is 0 Å². The van der Waals surface area contributed by atoms with E-state index >= 15 is 0 Å². The molecule has 100 valence electrons. The maximum absolute atomic E-state index is 2.84. The number of nitrogens with zero attached hydrogens (tertiary/aromatic N) is 1. The number of hydrogen-bond donors (Lipinski definition) is 1. The quantitative estimate of drug-likeness (QED) is 0.762. The lowest BCUT2D eigenvalue weighted by molar-refractivity contribution is 0.220. The summed E-state index contributed by atoms with van der Waals surface area (Å²) in [4.78, 5) is 0. The predicted octanol–water partition coefficient (Wildman–Crippen LogP) is 3.49. The van der Waals surface area contributed by atoms with Gasteiger partial charge in [-0.25, -0.2) is 21.1 Å². The van der Waals surface area contributed by atoms with Crippen LogP contribution in [-0.4, -0.2) is 52.9 Å². The van der Waals surface area contributed by atoms with Crippen LogP contribution >= 0.6 is 21.1 Å². The van der Waals surface area contributed by atoms with Gasteiger partial charge in [-0.05, 0) is 63.2 Å². The van der Waals surface area contributed by atoms with Gasteiger partial charge in [-0.1, -0.05) is 6.42 Å². The van der Waals surface area contributed by atoms with Crippen molar-refractivity contribution in [2.45, 2.75) is 45.2 Å². The van der Waals surface area contributed by atoms with E-state index in [4.69, 9.17) is 0 Å². The molecule has 0 aromatic rings. The molecule has 1 rings (SSSR count). The Morgan fingerprint density at radius 3 is 2.06 bits per heavy atom. The monoisotopic (exact) mass is 265 g/mol. The van der Waals surface area contributed by atoms with E-state index in [0.717, 1.165) is 12.1 Å². The fourth-order valence-electron chi connectivity index (χ4n) is 2.60. The van der Waals surface area contributed by atoms with Crippen LogP contribution in [0.4, 0.5) is 0 Å². The van der Waals surface area contributed by atoms with Crippen LogP contribution in [0.2, 0.25) is 0 Å². The van der Waals surface area contributed by atoms with Crippen LogP contribution in [0.15, 0.2) is 0 Å². The molecule has 1 saturated heterocycles. The molecule has 0 aromatic carbocycles. The van der Waals surface area contributed by atoms with Gasteiger partial charge in [0.1, 0.15) is 0 Å². The van der Waals surface area contributed by atoms with Crippen molar-refractivity contribution in [2.24, 2.45) is 0 Å². The summed E-state index contributed by atoms with van der Waals surface area (Å²) in [6, 6.07) is 1.66. The fraction of sp³-hybridized carbons (Fsp3) is 1.00. The summed E-state index contributed by atoms with van der Waals surface area (Å²) in [7, 11) is -0.303. The van der Waals surface area contributed by atoms with Crippen molar-refractivity contribution in [2.75, 3.05) is 36.5 Å². The van der Waals surface area contributed by atoms with Crippen LogP contribution in [0.1, 0.15) is 33.1 Å². The van der Waals surface area contributed by atoms with Gasteiger partial charge in [0.15, 0.2) is 0 Å². The number of rotatable bonds is 4. The lowest BCUT2D eigenvalue weighted by Gasteiger charge is -2.45. The highest BCUT2D eigenvalue weighted by Crippen LogP contribution is 2.42. The SMILES string of the molecule is CC1CCCC(C)N1[SH](C)CCS(C)(C)C. The van der Waals surface area contributed by atoms with Crippen molar-refractivity contribution in [1.29, 1.82) is 0 Å². The second-order valence-corrected chi connectivity index (χ2v) is 13.0. The summed E-state index contributed by atoms with van der Waals surface area (Å²) >= 11 is 0.112. The van der Waals surface area contributed by atoms with Crippen molar-refractivity contribution in [3.05, 3.63) is 0 Å². The maximum Gasteiger partial charge on any atom is 0.0159 e. The summed E-state index contributed by atoms with van der Waals surface area (Å²) < 4.78 is 2.84. The van der Waals surface area contributed by atoms with Crippen molar-refractivity contribution in [1.82, 2.24) is 4.31 Å². The minimum absolute atomic E-state index is 0.112. The zero-order chi connectivity index (χ0) is 12.3. The minimum atomic E-state index is -0.303. The summed E-state index contributed by atoms with van der Waals surface area (Å²) in [6.07, 6.45) is 14.1. The Kier molecular flexibility index (Phi) is 5.53. The molecule has 3 unspecified atom stereocenters. The number of thiol groups is 1. The average molecular weight is 266 g/mol. The van der Waals surface area contributed by atoms with Gasteiger partial charge in [0, 0.05) is 12.1 Å². The standard InChI is InChI=1S/C13H31NS2/c1-12-8-7-9-13(2)14(12)15(3)10-11-16(4,5)6/h12-13,15H,7-11H2,1-6H3. The normalized spacial score (nSPS) is 32.5. The molecule has 1 aliphatic heterocycles. The minimum Gasteiger partial charge on any atom is -0.265 e. The smallest absolute Gasteiger partial charge is 0.0159 e. The lowest BCUT2D eigenvalue weighted by atomic mass is 10.0. The molecule has 0 radical (unpaired) electrons. The summed E-state index contributed by atoms with van der Waals surface area (Å²) in [6.45, 7) is 4.86. The summed E-state index contributed by atoms with van der Waals surface area (Å²) in [5.74, 6) is 2.90. The predicted molar refractivity (Wildman–Crippen MR) is 84.6 cm³/mol. The Bertz CT molecular complexity index is 202. The molecule has 0 saturated carbocycles. The number of hydrogen-bond acceptors (Lipinski definition) is 1. The van der Waals surface area contributed by atoms with E-state index in [2.05, 4.69) is 43.2 Å². The molecule has 0 bridgehead atoms. The molecule has 0 aliphatic carbocycles. The first-order valence-corrected chi connectivity index (χ1v) is 11.4. The Morgan fingerprint density at radius 2 is 1.62 bits per heavy atom. The van der Waals surface area contributed by atoms with E-state index in [1.807, 2.05) is 0 Å². The Morgan fingerprint density at radius 1 is 1.12 bits per heavy atom. The number of piperidine rings is 1. The molecule has 16 heavy (non-hydrogen) atoms. The maximum atomic E-state index is 2.84. The highest BCUT2D eigenvalue weighted by molar-refractivity contribution is 8.32. The largest absolute Gasteiger partial charge is 0.265 e. The van der Waals surface area contributed by atoms with Crippen molar-refractivity contribution in [3.63, 3.8) is 0 Å². The highest BCUT2D eigenvalue weighted by Gasteiger charge is 2.27. The third-order valence-electron chi connectivity index (χ3n) is 3.57. The molecule has 0 aromatic heterocycles. The van der Waals surface area contributed by atoms with Gasteiger partial charge in [-0.3, -0.25) is 4.31 Å². The zero-order valence-electron chi connectivity index (χ0n) is 12.0. The first-order chi connectivity index (χ1) is 7.31. The summed E-state index contributed by atoms with van der Waals surface area (Å²) in [5.41, 5.74) is 0. The van der Waals surface area contributed by atoms with Gasteiger partial charge in [-0.15, -0.1) is 0 Å². The highest BCUT2D eigenvalue weighted by atomic mass is 32.3. The molecule has 0 N–H and O–H groups in total. The lowest BCUT2D eigenvalue weighted by Crippen LogP contribution is -2.41. The fourth-order valence-corrected chi connectivity index (χ4v) is 7.66. The van der Waals surface area contributed by atoms with Crippen molar-refractivity contribution >= 4 is 21.1 Å². The molecule has 1 nitrogen and oxygen atoms in total. The second-order valence-electron chi connectivity index (χ2n) is 6.19. The van der Waals surface area contributed by atoms with E-state index in [1.54, 1.807) is 0 Å². The van der Waals surface area contributed by atoms with E-state index < -0.39 is 0 Å². The van der Waals surface area contributed by atoms with Gasteiger partial charge in [0.05, 0.1) is 0 Å². The molecule has 1 heterocycles. The zero-order valence-corrected chi connectivity index (χ0v) is 13.7. The van der Waals surface area contributed by atoms with Crippen LogP contribution in [-0.2, 0) is 0 Å². The molecule has 3 heteroatoms. The molecule has 0 spiro atoms. The van der Waals surface area contributed by atoms with E-state index in [0.29, 0.717) is 0 Å². The molecule has 3 atom stereocenters. The molecule has 0 amide bonds. The van der Waals surface area contributed by atoms with Crippen LogP contribution < -0.4 is 0 Å².